The van der Waals surface area contributed by atoms with E-state index in [1.54, 1.807) is 19.2 Å². The number of carbonyl (C=O) groups is 1. The van der Waals surface area contributed by atoms with Gasteiger partial charge in [0.05, 0.1) is 14.2 Å². The summed E-state index contributed by atoms with van der Waals surface area (Å²) in [6, 6.07) is 12.1. The molecule has 1 amide bonds. The van der Waals surface area contributed by atoms with E-state index in [0.717, 1.165) is 5.56 Å². The number of para-hydroxylation sites is 1. The Morgan fingerprint density at radius 2 is 1.71 bits per heavy atom. The third-order valence-electron chi connectivity index (χ3n) is 3.08. The number of hydrogen-bond acceptors (Lipinski definition) is 4. The highest BCUT2D eigenvalue weighted by Crippen LogP contribution is 2.27. The number of carbonyl (C=O) groups excluding carboxylic acids is 1. The Labute approximate surface area is 123 Å². The Balaban J connectivity index is 2.16. The van der Waals surface area contributed by atoms with Gasteiger partial charge in [-0.1, -0.05) is 24.3 Å². The van der Waals surface area contributed by atoms with Crippen LogP contribution in [-0.2, 0) is 6.54 Å². The molecule has 0 aliphatic heterocycles. The van der Waals surface area contributed by atoms with Gasteiger partial charge in [0.2, 0.25) is 0 Å². The van der Waals surface area contributed by atoms with Crippen molar-refractivity contribution in [3.63, 3.8) is 0 Å². The van der Waals surface area contributed by atoms with Crippen molar-refractivity contribution in [1.82, 2.24) is 5.32 Å². The predicted molar refractivity (Wildman–Crippen MR) is 78.8 cm³/mol. The molecule has 5 nitrogen and oxygen atoms in total. The molecule has 0 fully saturated rings. The second-order valence-corrected chi connectivity index (χ2v) is 4.35. The molecule has 0 aliphatic rings. The maximum absolute atomic E-state index is 12.2. The highest BCUT2D eigenvalue weighted by atomic mass is 16.5. The van der Waals surface area contributed by atoms with E-state index in [9.17, 15) is 9.90 Å². The molecule has 0 unspecified atom stereocenters. The van der Waals surface area contributed by atoms with E-state index in [4.69, 9.17) is 9.47 Å². The fourth-order valence-electron chi connectivity index (χ4n) is 2.03. The van der Waals surface area contributed by atoms with Crippen molar-refractivity contribution in [2.45, 2.75) is 6.54 Å². The van der Waals surface area contributed by atoms with Gasteiger partial charge in [0.15, 0.2) is 0 Å². The van der Waals surface area contributed by atoms with Crippen molar-refractivity contribution in [2.75, 3.05) is 14.2 Å². The highest BCUT2D eigenvalue weighted by molar-refractivity contribution is 5.99. The molecule has 110 valence electrons. The fourth-order valence-corrected chi connectivity index (χ4v) is 2.03. The summed E-state index contributed by atoms with van der Waals surface area (Å²) in [7, 11) is 3.03. The molecule has 0 aromatic heterocycles. The molecule has 5 heteroatoms. The van der Waals surface area contributed by atoms with Crippen LogP contribution in [0.1, 0.15) is 15.9 Å². The van der Waals surface area contributed by atoms with Crippen molar-refractivity contribution >= 4 is 5.91 Å². The summed E-state index contributed by atoms with van der Waals surface area (Å²) in [5.74, 6) is 0.498. The largest absolute Gasteiger partial charge is 0.507 e. The SMILES string of the molecule is COc1ccccc1CNC(=O)c1c(O)cccc1OC. The number of benzene rings is 2. The van der Waals surface area contributed by atoms with E-state index < -0.39 is 5.91 Å². The fraction of sp³-hybridized carbons (Fsp3) is 0.188. The van der Waals surface area contributed by atoms with Crippen LogP contribution >= 0.6 is 0 Å². The molecule has 0 saturated carbocycles. The molecular weight excluding hydrogens is 270 g/mol. The molecule has 0 saturated heterocycles. The van der Waals surface area contributed by atoms with Crippen molar-refractivity contribution < 1.29 is 19.4 Å². The zero-order valence-electron chi connectivity index (χ0n) is 11.9. The molecule has 2 rings (SSSR count). The molecule has 2 aromatic rings. The smallest absolute Gasteiger partial charge is 0.259 e. The Hall–Kier alpha value is -2.69. The van der Waals surface area contributed by atoms with Crippen molar-refractivity contribution in [3.8, 4) is 17.2 Å². The Morgan fingerprint density at radius 3 is 2.43 bits per heavy atom. The summed E-state index contributed by atoms with van der Waals surface area (Å²) in [6.07, 6.45) is 0. The molecule has 2 N–H and O–H groups in total. The molecule has 0 spiro atoms. The number of ether oxygens (including phenoxy) is 2. The minimum Gasteiger partial charge on any atom is -0.507 e. The average Bonchev–Trinajstić information content (AvgIpc) is 2.52. The quantitative estimate of drug-likeness (QED) is 0.885. The van der Waals surface area contributed by atoms with Crippen LogP contribution in [0.3, 0.4) is 0 Å². The minimum absolute atomic E-state index is 0.119. The number of aromatic hydroxyl groups is 1. The predicted octanol–water partition coefficient (Wildman–Crippen LogP) is 2.34. The standard InChI is InChI=1S/C16H17NO4/c1-20-13-8-4-3-6-11(13)10-17-16(19)15-12(18)7-5-9-14(15)21-2/h3-9,18H,10H2,1-2H3,(H,17,19). The number of phenolic OH excluding ortho intramolecular Hbond substituents is 1. The van der Waals surface area contributed by atoms with Gasteiger partial charge in [-0.05, 0) is 18.2 Å². The number of nitrogens with one attached hydrogen (secondary N) is 1. The normalized spacial score (nSPS) is 10.0. The molecule has 2 aromatic carbocycles. The summed E-state index contributed by atoms with van der Waals surface area (Å²) in [6.45, 7) is 0.292. The van der Waals surface area contributed by atoms with Crippen LogP contribution in [-0.4, -0.2) is 25.2 Å². The van der Waals surface area contributed by atoms with Crippen LogP contribution < -0.4 is 14.8 Å². The number of amides is 1. The third-order valence-corrected chi connectivity index (χ3v) is 3.08. The van der Waals surface area contributed by atoms with Gasteiger partial charge < -0.3 is 19.9 Å². The van der Waals surface area contributed by atoms with Gasteiger partial charge in [-0.3, -0.25) is 4.79 Å². The minimum atomic E-state index is -0.407. The maximum atomic E-state index is 12.2. The summed E-state index contributed by atoms with van der Waals surface area (Å²) < 4.78 is 10.3. The van der Waals surface area contributed by atoms with Gasteiger partial charge in [-0.2, -0.15) is 0 Å². The first-order chi connectivity index (χ1) is 10.2. The molecule has 0 aliphatic carbocycles. The maximum Gasteiger partial charge on any atom is 0.259 e. The van der Waals surface area contributed by atoms with E-state index in [0.29, 0.717) is 18.0 Å². The number of hydrogen-bond donors (Lipinski definition) is 2. The second kappa shape index (κ2) is 6.65. The summed E-state index contributed by atoms with van der Waals surface area (Å²) in [5.41, 5.74) is 0.970. The average molecular weight is 287 g/mol. The van der Waals surface area contributed by atoms with Crippen LogP contribution in [0.5, 0.6) is 17.2 Å². The zero-order chi connectivity index (χ0) is 15.2. The molecule has 0 bridgehead atoms. The van der Waals surface area contributed by atoms with Crippen LogP contribution in [0.2, 0.25) is 0 Å². The first kappa shape index (κ1) is 14.7. The molecule has 0 heterocycles. The van der Waals surface area contributed by atoms with Gasteiger partial charge >= 0.3 is 0 Å². The summed E-state index contributed by atoms with van der Waals surface area (Å²) in [5, 5.41) is 12.6. The number of phenols is 1. The van der Waals surface area contributed by atoms with Crippen molar-refractivity contribution in [3.05, 3.63) is 53.6 Å². The Bertz CT molecular complexity index is 640. The second-order valence-electron chi connectivity index (χ2n) is 4.35. The zero-order valence-corrected chi connectivity index (χ0v) is 11.9. The van der Waals surface area contributed by atoms with E-state index >= 15 is 0 Å². The first-order valence-corrected chi connectivity index (χ1v) is 6.43. The monoisotopic (exact) mass is 287 g/mol. The Morgan fingerprint density at radius 1 is 1.05 bits per heavy atom. The lowest BCUT2D eigenvalue weighted by atomic mass is 10.1. The molecule has 0 atom stereocenters. The van der Waals surface area contributed by atoms with Gasteiger partial charge in [-0.15, -0.1) is 0 Å². The molecule has 0 radical (unpaired) electrons. The van der Waals surface area contributed by atoms with Gasteiger partial charge in [0.25, 0.3) is 5.91 Å². The summed E-state index contributed by atoms with van der Waals surface area (Å²) >= 11 is 0. The van der Waals surface area contributed by atoms with Crippen molar-refractivity contribution in [2.24, 2.45) is 0 Å². The van der Waals surface area contributed by atoms with Gasteiger partial charge in [-0.25, -0.2) is 0 Å². The Kier molecular flexibility index (Phi) is 4.66. The van der Waals surface area contributed by atoms with Crippen molar-refractivity contribution in [1.29, 1.82) is 0 Å². The van der Waals surface area contributed by atoms with E-state index in [1.807, 2.05) is 24.3 Å². The van der Waals surface area contributed by atoms with E-state index in [-0.39, 0.29) is 11.3 Å². The lowest BCUT2D eigenvalue weighted by Crippen LogP contribution is -2.23. The number of methoxy groups -OCH3 is 2. The lowest BCUT2D eigenvalue weighted by Gasteiger charge is -2.12. The number of rotatable bonds is 5. The van der Waals surface area contributed by atoms with Gasteiger partial charge in [0, 0.05) is 12.1 Å². The van der Waals surface area contributed by atoms with Crippen LogP contribution in [0.4, 0.5) is 0 Å². The molecular formula is C16H17NO4. The van der Waals surface area contributed by atoms with E-state index in [1.165, 1.54) is 13.2 Å². The van der Waals surface area contributed by atoms with Gasteiger partial charge in [0.1, 0.15) is 22.8 Å². The topological polar surface area (TPSA) is 67.8 Å². The van der Waals surface area contributed by atoms with Crippen LogP contribution in [0.15, 0.2) is 42.5 Å². The lowest BCUT2D eigenvalue weighted by molar-refractivity contribution is 0.0945. The van der Waals surface area contributed by atoms with Crippen LogP contribution in [0.25, 0.3) is 0 Å². The summed E-state index contributed by atoms with van der Waals surface area (Å²) in [4.78, 5) is 12.2. The van der Waals surface area contributed by atoms with E-state index in [2.05, 4.69) is 5.32 Å². The first-order valence-electron chi connectivity index (χ1n) is 6.43. The highest BCUT2D eigenvalue weighted by Gasteiger charge is 2.17. The third kappa shape index (κ3) is 3.25. The van der Waals surface area contributed by atoms with Crippen LogP contribution in [0, 0.1) is 0 Å². The molecule has 21 heavy (non-hydrogen) atoms.